The summed E-state index contributed by atoms with van der Waals surface area (Å²) in [6.45, 7) is 8.64. The van der Waals surface area contributed by atoms with E-state index in [0.717, 1.165) is 12.8 Å². The van der Waals surface area contributed by atoms with Gasteiger partial charge in [0.15, 0.2) is 0 Å². The highest BCUT2D eigenvalue weighted by Crippen LogP contribution is 2.18. The van der Waals surface area contributed by atoms with Gasteiger partial charge in [0, 0.05) is 6.04 Å². The molecule has 0 aliphatic carbocycles. The van der Waals surface area contributed by atoms with E-state index in [-0.39, 0.29) is 6.04 Å². The van der Waals surface area contributed by atoms with Crippen LogP contribution in [0.5, 0.6) is 0 Å². The third kappa shape index (κ3) is 4.16. The lowest BCUT2D eigenvalue weighted by molar-refractivity contribution is 0.520. The van der Waals surface area contributed by atoms with Gasteiger partial charge >= 0.3 is 0 Å². The molecule has 0 radical (unpaired) electrons. The van der Waals surface area contributed by atoms with Crippen molar-refractivity contribution in [3.05, 3.63) is 69.8 Å². The van der Waals surface area contributed by atoms with Gasteiger partial charge in [-0.3, -0.25) is 11.3 Å². The van der Waals surface area contributed by atoms with Crippen molar-refractivity contribution in [2.75, 3.05) is 0 Å². The Kier molecular flexibility index (Phi) is 5.16. The monoisotopic (exact) mass is 282 g/mol. The van der Waals surface area contributed by atoms with Crippen LogP contribution >= 0.6 is 0 Å². The number of hydrogen-bond acceptors (Lipinski definition) is 2. The van der Waals surface area contributed by atoms with Crippen molar-refractivity contribution >= 4 is 0 Å². The predicted octanol–water partition coefficient (Wildman–Crippen LogP) is 3.54. The van der Waals surface area contributed by atoms with Crippen molar-refractivity contribution in [2.24, 2.45) is 5.84 Å². The fourth-order valence-electron chi connectivity index (χ4n) is 3.08. The van der Waals surface area contributed by atoms with Gasteiger partial charge in [0.2, 0.25) is 0 Å². The molecule has 0 saturated heterocycles. The first-order valence-electron chi connectivity index (χ1n) is 7.58. The summed E-state index contributed by atoms with van der Waals surface area (Å²) in [5.41, 5.74) is 11.1. The van der Waals surface area contributed by atoms with Crippen molar-refractivity contribution in [3.63, 3.8) is 0 Å². The lowest BCUT2D eigenvalue weighted by Crippen LogP contribution is -2.38. The second kappa shape index (κ2) is 6.88. The Bertz CT molecular complexity index is 576. The Labute approximate surface area is 128 Å². The quantitative estimate of drug-likeness (QED) is 0.650. The van der Waals surface area contributed by atoms with Crippen LogP contribution in [0.15, 0.2) is 36.4 Å². The zero-order valence-corrected chi connectivity index (χ0v) is 13.5. The Hall–Kier alpha value is -1.64. The summed E-state index contributed by atoms with van der Waals surface area (Å²) in [5.74, 6) is 5.79. The van der Waals surface area contributed by atoms with E-state index in [4.69, 9.17) is 5.84 Å². The maximum Gasteiger partial charge on any atom is 0.0291 e. The smallest absolute Gasteiger partial charge is 0.0291 e. The summed E-state index contributed by atoms with van der Waals surface area (Å²) in [4.78, 5) is 0. The summed E-state index contributed by atoms with van der Waals surface area (Å²) in [7, 11) is 0. The van der Waals surface area contributed by atoms with Gasteiger partial charge in [-0.15, -0.1) is 0 Å². The molecule has 2 rings (SSSR count). The molecule has 0 bridgehead atoms. The van der Waals surface area contributed by atoms with Crippen LogP contribution in [0.3, 0.4) is 0 Å². The Morgan fingerprint density at radius 2 is 1.48 bits per heavy atom. The highest BCUT2D eigenvalue weighted by Gasteiger charge is 2.12. The standard InChI is InChI=1S/C19H26N2/c1-13-8-14(2)10-17(9-13)11-18(21-20)12-19-15(3)6-5-7-16(19)4/h5-10,18,21H,11-12,20H2,1-4H3. The van der Waals surface area contributed by atoms with Crippen LogP contribution in [0.25, 0.3) is 0 Å². The number of rotatable bonds is 5. The number of nitrogens with one attached hydrogen (secondary N) is 1. The molecule has 0 aliphatic heterocycles. The molecule has 112 valence electrons. The van der Waals surface area contributed by atoms with E-state index in [1.807, 2.05) is 0 Å². The Balaban J connectivity index is 2.17. The van der Waals surface area contributed by atoms with Crippen molar-refractivity contribution in [2.45, 2.75) is 46.6 Å². The minimum Gasteiger partial charge on any atom is -0.271 e. The van der Waals surface area contributed by atoms with Crippen molar-refractivity contribution in [3.8, 4) is 0 Å². The summed E-state index contributed by atoms with van der Waals surface area (Å²) in [5, 5.41) is 0. The van der Waals surface area contributed by atoms with Crippen LogP contribution in [0.2, 0.25) is 0 Å². The Morgan fingerprint density at radius 1 is 0.905 bits per heavy atom. The molecule has 21 heavy (non-hydrogen) atoms. The maximum atomic E-state index is 5.79. The summed E-state index contributed by atoms with van der Waals surface area (Å²) < 4.78 is 0. The van der Waals surface area contributed by atoms with Gasteiger partial charge in [-0.05, 0) is 62.8 Å². The molecule has 1 atom stereocenters. The van der Waals surface area contributed by atoms with Crippen molar-refractivity contribution in [1.82, 2.24) is 5.43 Å². The first-order valence-corrected chi connectivity index (χ1v) is 7.58. The van der Waals surface area contributed by atoms with Gasteiger partial charge in [-0.1, -0.05) is 47.5 Å². The van der Waals surface area contributed by atoms with Crippen molar-refractivity contribution < 1.29 is 0 Å². The molecule has 0 aliphatic rings. The Morgan fingerprint density at radius 3 is 2.00 bits per heavy atom. The van der Waals surface area contributed by atoms with Gasteiger partial charge in [-0.25, -0.2) is 0 Å². The zero-order chi connectivity index (χ0) is 15.4. The molecular weight excluding hydrogens is 256 g/mol. The lowest BCUT2D eigenvalue weighted by Gasteiger charge is -2.19. The normalized spacial score (nSPS) is 12.4. The van der Waals surface area contributed by atoms with Gasteiger partial charge in [-0.2, -0.15) is 0 Å². The molecule has 2 nitrogen and oxygen atoms in total. The summed E-state index contributed by atoms with van der Waals surface area (Å²) >= 11 is 0. The molecule has 0 amide bonds. The number of hydrazine groups is 1. The van der Waals surface area contributed by atoms with E-state index in [9.17, 15) is 0 Å². The number of hydrogen-bond donors (Lipinski definition) is 2. The summed E-state index contributed by atoms with van der Waals surface area (Å²) in [6.07, 6.45) is 1.91. The largest absolute Gasteiger partial charge is 0.271 e. The molecule has 2 aromatic rings. The zero-order valence-electron chi connectivity index (χ0n) is 13.5. The SMILES string of the molecule is Cc1cc(C)cc(CC(Cc2c(C)cccc2C)NN)c1. The van der Waals surface area contributed by atoms with Crippen LogP contribution in [0.4, 0.5) is 0 Å². The molecule has 2 heteroatoms. The van der Waals surface area contributed by atoms with E-state index in [0.29, 0.717) is 0 Å². The molecular formula is C19H26N2. The van der Waals surface area contributed by atoms with Gasteiger partial charge in [0.25, 0.3) is 0 Å². The van der Waals surface area contributed by atoms with Gasteiger partial charge < -0.3 is 0 Å². The van der Waals surface area contributed by atoms with Crippen LogP contribution in [-0.4, -0.2) is 6.04 Å². The molecule has 0 spiro atoms. The molecule has 2 aromatic carbocycles. The number of aryl methyl sites for hydroxylation is 4. The van der Waals surface area contributed by atoms with E-state index >= 15 is 0 Å². The predicted molar refractivity (Wildman–Crippen MR) is 90.4 cm³/mol. The lowest BCUT2D eigenvalue weighted by atomic mass is 9.93. The van der Waals surface area contributed by atoms with E-state index in [2.05, 4.69) is 69.5 Å². The molecule has 3 N–H and O–H groups in total. The topological polar surface area (TPSA) is 38.0 Å². The molecule has 0 aromatic heterocycles. The third-order valence-electron chi connectivity index (χ3n) is 4.09. The second-order valence-corrected chi connectivity index (χ2v) is 6.14. The van der Waals surface area contributed by atoms with Crippen LogP contribution in [0, 0.1) is 27.7 Å². The fraction of sp³-hybridized carbons (Fsp3) is 0.368. The first kappa shape index (κ1) is 15.7. The minimum atomic E-state index is 0.256. The average Bonchev–Trinajstić information content (AvgIpc) is 2.40. The van der Waals surface area contributed by atoms with Gasteiger partial charge in [0.1, 0.15) is 0 Å². The first-order chi connectivity index (χ1) is 9.99. The third-order valence-corrected chi connectivity index (χ3v) is 4.09. The van der Waals surface area contributed by atoms with E-state index < -0.39 is 0 Å². The maximum absolute atomic E-state index is 5.79. The van der Waals surface area contributed by atoms with E-state index in [1.165, 1.54) is 33.4 Å². The molecule has 0 heterocycles. The van der Waals surface area contributed by atoms with Crippen LogP contribution < -0.4 is 11.3 Å². The highest BCUT2D eigenvalue weighted by atomic mass is 15.2. The molecule has 0 saturated carbocycles. The summed E-state index contributed by atoms with van der Waals surface area (Å²) in [6, 6.07) is 13.4. The number of benzene rings is 2. The second-order valence-electron chi connectivity index (χ2n) is 6.14. The molecule has 0 fully saturated rings. The fourth-order valence-corrected chi connectivity index (χ4v) is 3.08. The molecule has 1 unspecified atom stereocenters. The van der Waals surface area contributed by atoms with Crippen LogP contribution in [0.1, 0.15) is 33.4 Å². The highest BCUT2D eigenvalue weighted by molar-refractivity contribution is 5.35. The van der Waals surface area contributed by atoms with Crippen LogP contribution in [-0.2, 0) is 12.8 Å². The minimum absolute atomic E-state index is 0.256. The van der Waals surface area contributed by atoms with Gasteiger partial charge in [0.05, 0.1) is 0 Å². The van der Waals surface area contributed by atoms with E-state index in [1.54, 1.807) is 0 Å². The number of nitrogens with two attached hydrogens (primary N) is 1. The average molecular weight is 282 g/mol. The van der Waals surface area contributed by atoms with Crippen molar-refractivity contribution in [1.29, 1.82) is 0 Å².